The number of aliphatic hydroxyl groups is 2. The molecule has 2 unspecified atom stereocenters. The van der Waals surface area contributed by atoms with Crippen LogP contribution in [0.3, 0.4) is 0 Å². The van der Waals surface area contributed by atoms with Crippen LogP contribution in [0.1, 0.15) is 38.1 Å². The SMILES string of the molecule is O=C(O)c1cc(-c2ccnc3c2ccc2c(-c4ccc(O)c(C(=O)O)c4)ccnc23)ccc1O.OC(CC(O)C(F)(F)F)c1cccs1.[Eu]. The van der Waals surface area contributed by atoms with E-state index in [-0.39, 0.29) is 72.0 Å². The number of phenols is 2. The first-order chi connectivity index (χ1) is 22.8. The number of aliphatic hydroxyl groups excluding tert-OH is 2. The second-order valence-electron chi connectivity index (χ2n) is 10.5. The molecule has 6 N–H and O–H groups in total. The van der Waals surface area contributed by atoms with Crippen LogP contribution >= 0.6 is 11.3 Å². The van der Waals surface area contributed by atoms with Gasteiger partial charge in [0.1, 0.15) is 22.6 Å². The molecular weight excluding hydrogens is 805 g/mol. The molecule has 0 aliphatic heterocycles. The minimum Gasteiger partial charge on any atom is -0.507 e. The summed E-state index contributed by atoms with van der Waals surface area (Å²) in [5.74, 6) is -3.10. The molecule has 3 aromatic heterocycles. The summed E-state index contributed by atoms with van der Waals surface area (Å²) in [5, 5.41) is 59.5. The van der Waals surface area contributed by atoms with Crippen molar-refractivity contribution in [2.45, 2.75) is 24.8 Å². The van der Waals surface area contributed by atoms with Gasteiger partial charge in [-0.2, -0.15) is 13.2 Å². The molecule has 6 aromatic rings. The molecule has 0 aliphatic carbocycles. The van der Waals surface area contributed by atoms with Crippen molar-refractivity contribution in [3.8, 4) is 33.8 Å². The molecule has 10 nitrogen and oxygen atoms in total. The van der Waals surface area contributed by atoms with E-state index in [1.807, 2.05) is 12.1 Å². The maximum atomic E-state index is 11.9. The molecule has 1 radical (unpaired) electrons. The van der Waals surface area contributed by atoms with Gasteiger partial charge in [-0.05, 0) is 70.1 Å². The minimum atomic E-state index is -4.67. The maximum Gasteiger partial charge on any atom is 0.414 e. The Hall–Kier alpha value is -3.99. The molecule has 15 heteroatoms. The molecule has 0 spiro atoms. The van der Waals surface area contributed by atoms with Crippen LogP contribution in [0.25, 0.3) is 44.1 Å². The number of nitrogens with zero attached hydrogens (tertiary/aromatic N) is 2. The second-order valence-corrected chi connectivity index (χ2v) is 11.5. The number of fused-ring (bicyclic) bond motifs is 3. The van der Waals surface area contributed by atoms with Gasteiger partial charge in [0.25, 0.3) is 0 Å². The molecule has 0 fully saturated rings. The first kappa shape index (κ1) is 37.8. The van der Waals surface area contributed by atoms with Crippen molar-refractivity contribution < 1.29 is 103 Å². The number of carbonyl (C=O) groups is 2. The predicted octanol–water partition coefficient (Wildman–Crippen LogP) is 7.02. The van der Waals surface area contributed by atoms with Gasteiger partial charge in [-0.1, -0.05) is 30.3 Å². The first-order valence-corrected chi connectivity index (χ1v) is 14.9. The number of halogens is 3. The number of aromatic hydroxyl groups is 2. The average Bonchev–Trinajstić information content (AvgIpc) is 3.60. The van der Waals surface area contributed by atoms with Gasteiger partial charge in [0.15, 0.2) is 6.10 Å². The molecule has 49 heavy (non-hydrogen) atoms. The molecule has 0 saturated carbocycles. The van der Waals surface area contributed by atoms with Crippen LogP contribution < -0.4 is 0 Å². The van der Waals surface area contributed by atoms with Crippen molar-refractivity contribution in [1.29, 1.82) is 0 Å². The van der Waals surface area contributed by atoms with Gasteiger partial charge in [-0.15, -0.1) is 11.3 Å². The van der Waals surface area contributed by atoms with E-state index in [1.165, 1.54) is 30.3 Å². The van der Waals surface area contributed by atoms with E-state index in [0.29, 0.717) is 27.0 Å². The topological polar surface area (TPSA) is 181 Å². The van der Waals surface area contributed by atoms with E-state index < -0.39 is 36.7 Å². The van der Waals surface area contributed by atoms with Crippen molar-refractivity contribution in [3.05, 3.63) is 107 Å². The molecule has 6 rings (SSSR count). The summed E-state index contributed by atoms with van der Waals surface area (Å²) in [7, 11) is 0. The van der Waals surface area contributed by atoms with E-state index in [1.54, 1.807) is 48.1 Å². The third-order valence-corrected chi connectivity index (χ3v) is 8.37. The second kappa shape index (κ2) is 15.7. The summed E-state index contributed by atoms with van der Waals surface area (Å²) in [6.07, 6.45) is -5.92. The Morgan fingerprint density at radius 2 is 1.20 bits per heavy atom. The number of carboxylic acids is 2. The molecule has 0 bridgehead atoms. The summed E-state index contributed by atoms with van der Waals surface area (Å²) in [5.41, 5.74) is 3.40. The number of thiophene rings is 1. The number of hydrogen-bond acceptors (Lipinski definition) is 9. The summed E-state index contributed by atoms with van der Waals surface area (Å²) in [6, 6.07) is 19.1. The van der Waals surface area contributed by atoms with Crippen LogP contribution in [0.4, 0.5) is 13.2 Å². The molecule has 0 aliphatic rings. The number of hydrogen-bond donors (Lipinski definition) is 6. The summed E-state index contributed by atoms with van der Waals surface area (Å²) < 4.78 is 35.7. The zero-order chi connectivity index (χ0) is 34.7. The molecule has 0 saturated heterocycles. The fraction of sp³-hybridized carbons (Fsp3) is 0.118. The van der Waals surface area contributed by atoms with Crippen LogP contribution in [0.5, 0.6) is 11.5 Å². The number of aromatic carboxylic acids is 2. The Morgan fingerprint density at radius 1 is 0.735 bits per heavy atom. The summed E-state index contributed by atoms with van der Waals surface area (Å²) in [4.78, 5) is 32.4. The third-order valence-electron chi connectivity index (χ3n) is 7.39. The Bertz CT molecular complexity index is 2020. The van der Waals surface area contributed by atoms with Gasteiger partial charge >= 0.3 is 18.1 Å². The van der Waals surface area contributed by atoms with E-state index in [9.17, 15) is 48.3 Å². The van der Waals surface area contributed by atoms with Gasteiger partial charge in [-0.25, -0.2) is 9.59 Å². The van der Waals surface area contributed by atoms with Crippen molar-refractivity contribution in [2.24, 2.45) is 0 Å². The number of benzene rings is 3. The molecule has 3 aromatic carbocycles. The molecule has 0 amide bonds. The normalized spacial score (nSPS) is 12.4. The smallest absolute Gasteiger partial charge is 0.414 e. The van der Waals surface area contributed by atoms with Crippen molar-refractivity contribution in [1.82, 2.24) is 9.97 Å². The van der Waals surface area contributed by atoms with Crippen molar-refractivity contribution >= 4 is 45.1 Å². The van der Waals surface area contributed by atoms with Crippen LogP contribution in [-0.2, 0) is 0 Å². The monoisotopic (exact) mass is 831 g/mol. The minimum absolute atomic E-state index is 0. The van der Waals surface area contributed by atoms with Gasteiger partial charge in [0.05, 0.1) is 17.1 Å². The van der Waals surface area contributed by atoms with Gasteiger partial charge in [0.2, 0.25) is 0 Å². The number of alkyl halides is 3. The van der Waals surface area contributed by atoms with E-state index in [0.717, 1.165) is 33.2 Å². The molecule has 2 atom stereocenters. The number of rotatable bonds is 7. The zero-order valence-electron chi connectivity index (χ0n) is 24.8. The first-order valence-electron chi connectivity index (χ1n) is 14.0. The van der Waals surface area contributed by atoms with Crippen LogP contribution in [0, 0.1) is 49.4 Å². The Balaban J connectivity index is 0.000000305. The maximum absolute atomic E-state index is 11.9. The molecular formula is C34H25EuF3N2O8S. The van der Waals surface area contributed by atoms with E-state index in [4.69, 9.17) is 5.11 Å². The van der Waals surface area contributed by atoms with Crippen molar-refractivity contribution in [2.75, 3.05) is 0 Å². The quantitative estimate of drug-likeness (QED) is 0.0916. The largest absolute Gasteiger partial charge is 0.507 e. The fourth-order valence-electron chi connectivity index (χ4n) is 5.02. The van der Waals surface area contributed by atoms with Gasteiger partial charge < -0.3 is 30.6 Å². The van der Waals surface area contributed by atoms with Gasteiger partial charge in [0, 0.05) is 83.8 Å². The zero-order valence-corrected chi connectivity index (χ0v) is 28.1. The molecule has 3 heterocycles. The number of carboxylic acid groups (broad SMARTS) is 2. The van der Waals surface area contributed by atoms with Crippen LogP contribution in [0.15, 0.2) is 90.6 Å². The summed E-state index contributed by atoms with van der Waals surface area (Å²) >= 11 is 1.16. The number of aromatic nitrogens is 2. The van der Waals surface area contributed by atoms with Crippen molar-refractivity contribution in [3.63, 3.8) is 0 Å². The third kappa shape index (κ3) is 8.43. The Kier molecular flexibility index (Phi) is 12.1. The van der Waals surface area contributed by atoms with Gasteiger partial charge in [-0.3, -0.25) is 9.97 Å². The average molecular weight is 831 g/mol. The fourth-order valence-corrected chi connectivity index (χ4v) is 5.75. The van der Waals surface area contributed by atoms with Crippen LogP contribution in [0.2, 0.25) is 0 Å². The summed E-state index contributed by atoms with van der Waals surface area (Å²) in [6.45, 7) is 0. The Labute approximate surface area is 320 Å². The van der Waals surface area contributed by atoms with Crippen LogP contribution in [-0.4, -0.2) is 64.8 Å². The predicted molar refractivity (Wildman–Crippen MR) is 171 cm³/mol. The standard InChI is InChI=1S/C26H16N2O6.C8H9F3O2S.Eu/c29-21-5-1-13(11-19(21)25(31)32)15-7-9-27-23-17(15)3-4-18-16(8-10-28-24(18)23)14-2-6-22(30)20(12-14)26(33)34;9-8(10,11)7(13)4-5(12)6-2-1-3-14-6;/h1-12,29-30H,(H,31,32)(H,33,34);1-3,5,7,12-13H,4H2;. The van der Waals surface area contributed by atoms with E-state index >= 15 is 0 Å². The van der Waals surface area contributed by atoms with E-state index in [2.05, 4.69) is 9.97 Å². The Morgan fingerprint density at radius 3 is 1.59 bits per heavy atom. The number of pyridine rings is 2. The molecule has 253 valence electrons.